The molecular weight excluding hydrogens is 450 g/mol. The van der Waals surface area contributed by atoms with E-state index in [1.54, 1.807) is 0 Å². The number of esters is 4. The van der Waals surface area contributed by atoms with E-state index in [4.69, 9.17) is 28.5 Å². The van der Waals surface area contributed by atoms with E-state index in [0.29, 0.717) is 12.1 Å². The van der Waals surface area contributed by atoms with Gasteiger partial charge < -0.3 is 28.5 Å². The predicted molar refractivity (Wildman–Crippen MR) is 114 cm³/mol. The summed E-state index contributed by atoms with van der Waals surface area (Å²) in [6, 6.07) is 9.38. The Labute approximate surface area is 196 Å². The molecule has 0 saturated carbocycles. The Hall–Kier alpha value is -3.47. The molecule has 2 aliphatic rings. The summed E-state index contributed by atoms with van der Waals surface area (Å²) < 4.78 is 27.5. The number of ether oxygens (including phenoxy) is 5. The van der Waals surface area contributed by atoms with Gasteiger partial charge in [-0.1, -0.05) is 35.5 Å². The van der Waals surface area contributed by atoms with Crippen molar-refractivity contribution in [1.82, 2.24) is 0 Å². The maximum atomic E-state index is 11.9. The maximum absolute atomic E-state index is 11.9. The maximum Gasteiger partial charge on any atom is 0.303 e. The summed E-state index contributed by atoms with van der Waals surface area (Å²) in [4.78, 5) is 52.7. The minimum absolute atomic E-state index is 0.301. The number of rotatable bonds is 7. The first-order valence-corrected chi connectivity index (χ1v) is 10.7. The average molecular weight is 477 g/mol. The summed E-state index contributed by atoms with van der Waals surface area (Å²) in [5, 5.41) is 4.15. The Morgan fingerprint density at radius 1 is 0.853 bits per heavy atom. The van der Waals surface area contributed by atoms with E-state index in [0.717, 1.165) is 5.56 Å². The fourth-order valence-corrected chi connectivity index (χ4v) is 3.91. The highest BCUT2D eigenvalue weighted by Crippen LogP contribution is 2.35. The van der Waals surface area contributed by atoms with E-state index in [1.807, 2.05) is 30.3 Å². The summed E-state index contributed by atoms with van der Waals surface area (Å²) in [5.74, 6) is -2.64. The molecule has 1 aromatic rings. The van der Waals surface area contributed by atoms with Gasteiger partial charge in [-0.05, 0) is 5.56 Å². The third kappa shape index (κ3) is 6.31. The van der Waals surface area contributed by atoms with E-state index >= 15 is 0 Å². The minimum atomic E-state index is -1.25. The molecule has 1 unspecified atom stereocenters. The molecule has 0 radical (unpaired) electrons. The Morgan fingerprint density at radius 3 is 2.03 bits per heavy atom. The zero-order valence-corrected chi connectivity index (χ0v) is 19.3. The first-order chi connectivity index (χ1) is 16.2. The number of benzene rings is 1. The van der Waals surface area contributed by atoms with Gasteiger partial charge in [0.15, 0.2) is 24.4 Å². The topological polar surface area (TPSA) is 136 Å². The SMILES string of the molecule is CC(=O)OC[C@H]1O[C@@H](C2=NOC(c3ccccc3)C2)[C@H](OC(C)=O)[C@@H](OC(C)=O)[C@@H]1OC(C)=O. The first kappa shape index (κ1) is 25.2. The van der Waals surface area contributed by atoms with Gasteiger partial charge in [-0.2, -0.15) is 0 Å². The summed E-state index contributed by atoms with van der Waals surface area (Å²) in [7, 11) is 0. The Kier molecular flexibility index (Phi) is 8.21. The van der Waals surface area contributed by atoms with Crippen molar-refractivity contribution >= 4 is 29.6 Å². The van der Waals surface area contributed by atoms with Crippen LogP contribution in [0.25, 0.3) is 0 Å². The lowest BCUT2D eigenvalue weighted by Gasteiger charge is -2.44. The second-order valence-electron chi connectivity index (χ2n) is 7.91. The summed E-state index contributed by atoms with van der Waals surface area (Å²) in [5.41, 5.74) is 1.28. The molecule has 3 rings (SSSR count). The molecule has 0 aromatic heterocycles. The smallest absolute Gasteiger partial charge is 0.303 e. The summed E-state index contributed by atoms with van der Waals surface area (Å²) in [6.07, 6.45) is -5.81. The number of oxime groups is 1. The number of hydrogen-bond donors (Lipinski definition) is 0. The number of carbonyl (C=O) groups is 4. The zero-order valence-electron chi connectivity index (χ0n) is 19.3. The molecule has 11 nitrogen and oxygen atoms in total. The van der Waals surface area contributed by atoms with Crippen molar-refractivity contribution in [2.45, 2.75) is 70.7 Å². The molecule has 34 heavy (non-hydrogen) atoms. The van der Waals surface area contributed by atoms with Crippen LogP contribution in [0.15, 0.2) is 35.5 Å². The number of carbonyl (C=O) groups excluding carboxylic acids is 4. The molecule has 6 atom stereocenters. The van der Waals surface area contributed by atoms with Crippen molar-refractivity contribution in [2.75, 3.05) is 6.61 Å². The lowest BCUT2D eigenvalue weighted by molar-refractivity contribution is -0.241. The van der Waals surface area contributed by atoms with Crippen LogP contribution in [-0.2, 0) is 47.7 Å². The first-order valence-electron chi connectivity index (χ1n) is 10.7. The fourth-order valence-electron chi connectivity index (χ4n) is 3.91. The molecule has 0 amide bonds. The van der Waals surface area contributed by atoms with Crippen LogP contribution in [0.5, 0.6) is 0 Å². The molecule has 0 N–H and O–H groups in total. The molecular formula is C23H27NO10. The zero-order chi connectivity index (χ0) is 24.8. The number of nitrogens with zero attached hydrogens (tertiary/aromatic N) is 1. The van der Waals surface area contributed by atoms with Gasteiger partial charge in [-0.3, -0.25) is 19.2 Å². The van der Waals surface area contributed by atoms with Gasteiger partial charge >= 0.3 is 23.9 Å². The van der Waals surface area contributed by atoms with E-state index in [1.165, 1.54) is 27.7 Å². The molecule has 2 aliphatic heterocycles. The fraction of sp³-hybridized carbons (Fsp3) is 0.522. The minimum Gasteiger partial charge on any atom is -0.463 e. The van der Waals surface area contributed by atoms with Crippen LogP contribution in [0.1, 0.15) is 45.8 Å². The molecule has 1 fully saturated rings. The lowest BCUT2D eigenvalue weighted by atomic mass is 9.89. The van der Waals surface area contributed by atoms with Gasteiger partial charge in [0.1, 0.15) is 18.8 Å². The van der Waals surface area contributed by atoms with Gasteiger partial charge in [0.25, 0.3) is 0 Å². The van der Waals surface area contributed by atoms with Gasteiger partial charge in [0.2, 0.25) is 0 Å². The van der Waals surface area contributed by atoms with Crippen molar-refractivity contribution in [3.63, 3.8) is 0 Å². The van der Waals surface area contributed by atoms with Crippen LogP contribution in [0.4, 0.5) is 0 Å². The third-order valence-corrected chi connectivity index (χ3v) is 5.18. The molecule has 0 spiro atoms. The van der Waals surface area contributed by atoms with E-state index in [2.05, 4.69) is 5.16 Å². The standard InChI is InChI=1S/C23H27NO10/c1-12(25)29-11-19-21(30-13(2)26)23(32-15(4)28)22(31-14(3)27)20(33-19)17-10-18(34-24-17)16-8-6-5-7-9-16/h5-9,18-23H,10-11H2,1-4H3/t18?,19-,20+,21-,22+,23+/m1/s1. The van der Waals surface area contributed by atoms with Crippen molar-refractivity contribution in [2.24, 2.45) is 5.16 Å². The van der Waals surface area contributed by atoms with Crippen LogP contribution in [0.2, 0.25) is 0 Å². The van der Waals surface area contributed by atoms with Crippen molar-refractivity contribution in [3.05, 3.63) is 35.9 Å². The Morgan fingerprint density at radius 2 is 1.44 bits per heavy atom. The Balaban J connectivity index is 1.94. The largest absolute Gasteiger partial charge is 0.463 e. The predicted octanol–water partition coefficient (Wildman–Crippen LogP) is 1.63. The molecule has 0 bridgehead atoms. The molecule has 1 saturated heterocycles. The highest BCUT2D eigenvalue weighted by Gasteiger charge is 2.54. The van der Waals surface area contributed by atoms with E-state index < -0.39 is 60.5 Å². The second-order valence-corrected chi connectivity index (χ2v) is 7.91. The quantitative estimate of drug-likeness (QED) is 0.421. The summed E-state index contributed by atoms with van der Waals surface area (Å²) in [6.45, 7) is 4.44. The van der Waals surface area contributed by atoms with E-state index in [-0.39, 0.29) is 6.61 Å². The molecule has 11 heteroatoms. The monoisotopic (exact) mass is 477 g/mol. The Bertz CT molecular complexity index is 946. The van der Waals surface area contributed by atoms with Crippen LogP contribution < -0.4 is 0 Å². The van der Waals surface area contributed by atoms with Gasteiger partial charge in [0.05, 0.1) is 5.71 Å². The number of hydrogen-bond acceptors (Lipinski definition) is 11. The van der Waals surface area contributed by atoms with Crippen LogP contribution >= 0.6 is 0 Å². The molecule has 0 aliphatic carbocycles. The van der Waals surface area contributed by atoms with Crippen LogP contribution in [0, 0.1) is 0 Å². The van der Waals surface area contributed by atoms with E-state index in [9.17, 15) is 19.2 Å². The van der Waals surface area contributed by atoms with Crippen molar-refractivity contribution in [3.8, 4) is 0 Å². The van der Waals surface area contributed by atoms with Gasteiger partial charge in [0, 0.05) is 34.1 Å². The van der Waals surface area contributed by atoms with Crippen LogP contribution in [0.3, 0.4) is 0 Å². The van der Waals surface area contributed by atoms with Crippen LogP contribution in [-0.4, -0.2) is 66.7 Å². The van der Waals surface area contributed by atoms with Gasteiger partial charge in [-0.25, -0.2) is 0 Å². The summed E-state index contributed by atoms with van der Waals surface area (Å²) >= 11 is 0. The molecule has 1 aromatic carbocycles. The average Bonchev–Trinajstić information content (AvgIpc) is 3.25. The lowest BCUT2D eigenvalue weighted by Crippen LogP contribution is -2.64. The highest BCUT2D eigenvalue weighted by atomic mass is 16.7. The molecule has 184 valence electrons. The molecule has 2 heterocycles. The van der Waals surface area contributed by atoms with Crippen molar-refractivity contribution < 1.29 is 47.7 Å². The van der Waals surface area contributed by atoms with Gasteiger partial charge in [-0.15, -0.1) is 0 Å². The highest BCUT2D eigenvalue weighted by molar-refractivity contribution is 5.91. The second kappa shape index (κ2) is 11.1. The van der Waals surface area contributed by atoms with Crippen molar-refractivity contribution in [1.29, 1.82) is 0 Å². The normalized spacial score (nSPS) is 28.2. The third-order valence-electron chi connectivity index (χ3n) is 5.18.